The first-order valence-electron chi connectivity index (χ1n) is 30.8. The highest BCUT2D eigenvalue weighted by Crippen LogP contribution is 2.30. The van der Waals surface area contributed by atoms with Gasteiger partial charge in [-0.25, -0.2) is 15.0 Å². The van der Waals surface area contributed by atoms with Crippen LogP contribution in [0.3, 0.4) is 0 Å². The van der Waals surface area contributed by atoms with Gasteiger partial charge in [-0.2, -0.15) is 0 Å². The van der Waals surface area contributed by atoms with Gasteiger partial charge in [-0.3, -0.25) is 29.1 Å². The lowest BCUT2D eigenvalue weighted by atomic mass is 9.85. The van der Waals surface area contributed by atoms with E-state index in [4.69, 9.17) is 9.47 Å². The number of pyridine rings is 1. The lowest BCUT2D eigenvalue weighted by Crippen LogP contribution is -2.57. The van der Waals surface area contributed by atoms with Gasteiger partial charge >= 0.3 is 0 Å². The van der Waals surface area contributed by atoms with E-state index < -0.39 is 23.6 Å². The molecule has 19 heteroatoms. The number of nitrogens with zero attached hydrogens (tertiary/aromatic N) is 7. The van der Waals surface area contributed by atoms with Crippen molar-refractivity contribution in [3.63, 3.8) is 0 Å². The minimum atomic E-state index is -0.850. The van der Waals surface area contributed by atoms with Crippen LogP contribution in [-0.2, 0) is 36.9 Å². The lowest BCUT2D eigenvalue weighted by molar-refractivity contribution is -0.144. The molecule has 1 unspecified atom stereocenters. The number of aryl methyl sites for hydroxylation is 2. The summed E-state index contributed by atoms with van der Waals surface area (Å²) in [5, 5.41) is 22.9. The Hall–Kier alpha value is -7.00. The molecule has 0 bridgehead atoms. The monoisotopic (exact) mass is 1190 g/mol. The number of likely N-dealkylation sites (tertiary alicyclic amines) is 1. The number of nitrogens with one attached hydrogen (secondary N) is 4. The number of amides is 4. The van der Waals surface area contributed by atoms with Crippen molar-refractivity contribution in [1.29, 1.82) is 0 Å². The fourth-order valence-electron chi connectivity index (χ4n) is 10.8. The second-order valence-electron chi connectivity index (χ2n) is 23.9. The number of unbranched alkanes of at least 4 members (excludes halogenated alkanes) is 7. The van der Waals surface area contributed by atoms with Crippen molar-refractivity contribution in [2.75, 3.05) is 76.3 Å². The normalized spacial score (nSPS) is 16.0. The van der Waals surface area contributed by atoms with Crippen LogP contribution in [0, 0.1) is 19.3 Å². The predicted octanol–water partition coefficient (Wildman–Crippen LogP) is 10.5. The number of aliphatic hydroxyl groups is 1. The number of aliphatic hydroxyl groups excluding tert-OH is 1. The van der Waals surface area contributed by atoms with E-state index in [1.54, 1.807) is 29.9 Å². The molecule has 0 aliphatic carbocycles. The van der Waals surface area contributed by atoms with Gasteiger partial charge in [0.15, 0.2) is 0 Å². The highest BCUT2D eigenvalue weighted by atomic mass is 32.1. The van der Waals surface area contributed by atoms with Gasteiger partial charge < -0.3 is 45.6 Å². The summed E-state index contributed by atoms with van der Waals surface area (Å²) in [5.41, 5.74) is 10.1. The van der Waals surface area contributed by atoms with E-state index in [1.165, 1.54) is 29.7 Å². The molecule has 6 aromatic rings. The van der Waals surface area contributed by atoms with Crippen molar-refractivity contribution in [2.45, 2.75) is 143 Å². The Morgan fingerprint density at radius 2 is 1.42 bits per heavy atom. The molecule has 2 aliphatic rings. The van der Waals surface area contributed by atoms with E-state index in [9.17, 15) is 24.3 Å². The number of anilines is 3. The van der Waals surface area contributed by atoms with E-state index >= 15 is 0 Å². The number of hydrogen-bond donors (Lipinski definition) is 5. The van der Waals surface area contributed by atoms with Crippen molar-refractivity contribution < 1.29 is 33.8 Å². The van der Waals surface area contributed by atoms with Crippen molar-refractivity contribution in [3.05, 3.63) is 137 Å². The van der Waals surface area contributed by atoms with Crippen molar-refractivity contribution in [1.82, 2.24) is 45.3 Å². The van der Waals surface area contributed by atoms with Gasteiger partial charge in [-0.05, 0) is 135 Å². The number of carbonyl (C=O) groups excluding carboxylic acids is 4. The van der Waals surface area contributed by atoms with Crippen LogP contribution in [0.5, 0.6) is 0 Å². The Morgan fingerprint density at radius 1 is 0.744 bits per heavy atom. The minimum absolute atomic E-state index is 0.0356. The number of β-amino-alcohol motifs (C(OH)–C–C–N with tert-alkyl or cyclic N) is 1. The van der Waals surface area contributed by atoms with Crippen molar-refractivity contribution >= 4 is 52.3 Å². The van der Waals surface area contributed by atoms with Gasteiger partial charge in [0.05, 0.1) is 27.9 Å². The zero-order chi connectivity index (χ0) is 60.7. The molecule has 5 heterocycles. The molecular formula is C67H89N11O7S. The van der Waals surface area contributed by atoms with Crippen LogP contribution in [0.2, 0.25) is 0 Å². The average Bonchev–Trinajstić information content (AvgIpc) is 4.05. The van der Waals surface area contributed by atoms with Gasteiger partial charge in [0.1, 0.15) is 12.1 Å². The zero-order valence-electron chi connectivity index (χ0n) is 51.0. The molecule has 4 amide bonds. The van der Waals surface area contributed by atoms with Crippen molar-refractivity contribution in [2.24, 2.45) is 5.41 Å². The molecule has 2 fully saturated rings. The number of hydrogen-bond acceptors (Lipinski definition) is 15. The third-order valence-electron chi connectivity index (χ3n) is 15.9. The van der Waals surface area contributed by atoms with Gasteiger partial charge in [-0.15, -0.1) is 11.3 Å². The highest BCUT2D eigenvalue weighted by Gasteiger charge is 2.44. The summed E-state index contributed by atoms with van der Waals surface area (Å²) in [7, 11) is 0. The summed E-state index contributed by atoms with van der Waals surface area (Å²) in [6, 6.07) is 25.6. The van der Waals surface area contributed by atoms with Crippen molar-refractivity contribution in [3.8, 4) is 21.7 Å². The topological polar surface area (TPSA) is 216 Å². The van der Waals surface area contributed by atoms with Gasteiger partial charge in [0.2, 0.25) is 23.7 Å². The second kappa shape index (κ2) is 33.2. The number of thiazole rings is 1. The summed E-state index contributed by atoms with van der Waals surface area (Å²) < 4.78 is 11.8. The molecule has 86 heavy (non-hydrogen) atoms. The first kappa shape index (κ1) is 65.0. The first-order chi connectivity index (χ1) is 41.7. The molecule has 460 valence electrons. The Kier molecular flexibility index (Phi) is 25.1. The zero-order valence-corrected chi connectivity index (χ0v) is 51.8. The molecule has 8 rings (SSSR count). The van der Waals surface area contributed by atoms with Crippen LogP contribution in [0.4, 0.5) is 17.3 Å². The van der Waals surface area contributed by atoms with Crippen LogP contribution in [0.25, 0.3) is 21.7 Å². The van der Waals surface area contributed by atoms with E-state index in [2.05, 4.69) is 63.1 Å². The van der Waals surface area contributed by atoms with E-state index in [-0.39, 0.29) is 49.6 Å². The molecule has 0 radical (unpaired) electrons. The smallest absolute Gasteiger partial charge is 0.255 e. The summed E-state index contributed by atoms with van der Waals surface area (Å²) in [4.78, 5) is 79.1. The fraction of sp³-hybridized carbons (Fsp3) is 0.493. The maximum Gasteiger partial charge on any atom is 0.255 e. The number of benzene rings is 3. The number of ether oxygens (including phenoxy) is 2. The molecular weight excluding hydrogens is 1100 g/mol. The molecule has 3 aromatic heterocycles. The summed E-state index contributed by atoms with van der Waals surface area (Å²) in [5.74, 6) is -0.593. The minimum Gasteiger partial charge on any atom is -0.391 e. The summed E-state index contributed by atoms with van der Waals surface area (Å²) in [6.07, 6.45) is 15.0. The van der Waals surface area contributed by atoms with Gasteiger partial charge in [0, 0.05) is 126 Å². The Morgan fingerprint density at radius 3 is 2.09 bits per heavy atom. The second-order valence-corrected chi connectivity index (χ2v) is 24.7. The van der Waals surface area contributed by atoms with Crippen LogP contribution in [0.15, 0.2) is 109 Å². The predicted molar refractivity (Wildman–Crippen MR) is 340 cm³/mol. The molecule has 18 nitrogen and oxygen atoms in total. The van der Waals surface area contributed by atoms with E-state index in [0.29, 0.717) is 36.8 Å². The van der Waals surface area contributed by atoms with Crippen LogP contribution >= 0.6 is 11.3 Å². The van der Waals surface area contributed by atoms with E-state index in [0.717, 1.165) is 135 Å². The third kappa shape index (κ3) is 20.3. The van der Waals surface area contributed by atoms with Gasteiger partial charge in [0.25, 0.3) is 5.91 Å². The SMILES string of the molecule is Cc1ccc(NC(=O)c2ccc(CN3CCN(CCCCCCOCCCCCOCCCCCC(=O)NC(C(=O)N4C[C@H](O)C[C@H]4C(=O)NCc4ccc(-c5scnc5C)cc4)C(C)(C)C)CC3)cc2)cc1Nc1nccc(-c2cccnc2)n1. The lowest BCUT2D eigenvalue weighted by Gasteiger charge is -2.35. The fourth-order valence-corrected chi connectivity index (χ4v) is 11.6. The molecule has 2 aliphatic heterocycles. The molecule has 0 saturated carbocycles. The number of carbonyl (C=O) groups is 4. The number of aromatic nitrogens is 4. The Labute approximate surface area is 512 Å². The number of rotatable bonds is 32. The highest BCUT2D eigenvalue weighted by molar-refractivity contribution is 7.13. The summed E-state index contributed by atoms with van der Waals surface area (Å²) in [6.45, 7) is 19.2. The average molecular weight is 1190 g/mol. The van der Waals surface area contributed by atoms with Crippen LogP contribution < -0.4 is 21.3 Å². The van der Waals surface area contributed by atoms with E-state index in [1.807, 2.05) is 113 Å². The Bertz CT molecular complexity index is 3080. The number of piperazine rings is 1. The maximum absolute atomic E-state index is 14.0. The van der Waals surface area contributed by atoms with Gasteiger partial charge in [-0.1, -0.05) is 82.5 Å². The Balaban J connectivity index is 0.596. The largest absolute Gasteiger partial charge is 0.391 e. The quantitative estimate of drug-likeness (QED) is 0.0249. The van der Waals surface area contributed by atoms with Crippen LogP contribution in [0.1, 0.15) is 131 Å². The standard InChI is InChI=1S/C67H89N11O7S/c1-48-19-28-55(41-58(48)74-66-69-31-29-57(73-66)54-17-16-30-68-44-54)72-63(81)53-26-22-51(23-27-53)45-77-35-33-76(34-36-77)32-11-6-7-12-37-84-39-14-9-15-40-85-38-13-8-10-18-60(80)75-62(67(3,4)5)65(83)78-46-56(79)42-59(78)64(82)70-43-50-20-24-52(25-21-50)61-49(2)71-47-86-61/h16-17,19-31,41,44,47,56,59,62,79H,6-15,18,32-40,42-43,45-46H2,1-5H3,(H,70,82)(H,72,81)(H,75,80)(H,69,73,74)/t56-,59+,62?/m1/s1. The molecule has 3 aromatic carbocycles. The molecule has 5 N–H and O–H groups in total. The first-order valence-corrected chi connectivity index (χ1v) is 31.7. The summed E-state index contributed by atoms with van der Waals surface area (Å²) >= 11 is 1.59. The third-order valence-corrected chi connectivity index (χ3v) is 16.9. The van der Waals surface area contributed by atoms with Crippen LogP contribution in [-0.4, -0.2) is 147 Å². The molecule has 3 atom stereocenters. The molecule has 0 spiro atoms. The molecule has 2 saturated heterocycles. The maximum atomic E-state index is 14.0.